The molecule has 1 saturated heterocycles. The highest BCUT2D eigenvalue weighted by atomic mass is 35.5. The van der Waals surface area contributed by atoms with E-state index < -0.39 is 0 Å². The fourth-order valence-corrected chi connectivity index (χ4v) is 2.46. The molecule has 1 atom stereocenters. The van der Waals surface area contributed by atoms with Crippen LogP contribution in [-0.2, 0) is 4.74 Å². The SMILES string of the molecule is CC(C)OCCN1CCCCC1CCCl. The fourth-order valence-electron chi connectivity index (χ4n) is 2.21. The number of hydrogen-bond acceptors (Lipinski definition) is 2. The standard InChI is InChI=1S/C12H24ClNO/c1-11(2)15-10-9-14-8-4-3-5-12(14)6-7-13/h11-12H,3-10H2,1-2H3. The van der Waals surface area contributed by atoms with Crippen LogP contribution in [-0.4, -0.2) is 42.6 Å². The Bertz CT molecular complexity index is 162. The summed E-state index contributed by atoms with van der Waals surface area (Å²) in [6.45, 7) is 7.33. The topological polar surface area (TPSA) is 12.5 Å². The first kappa shape index (κ1) is 13.3. The van der Waals surface area contributed by atoms with Gasteiger partial charge in [0, 0.05) is 18.5 Å². The van der Waals surface area contributed by atoms with E-state index >= 15 is 0 Å². The van der Waals surface area contributed by atoms with Crippen molar-refractivity contribution in [2.75, 3.05) is 25.6 Å². The number of hydrogen-bond donors (Lipinski definition) is 0. The van der Waals surface area contributed by atoms with E-state index in [-0.39, 0.29) is 0 Å². The van der Waals surface area contributed by atoms with E-state index in [2.05, 4.69) is 18.7 Å². The minimum Gasteiger partial charge on any atom is -0.377 e. The van der Waals surface area contributed by atoms with Gasteiger partial charge < -0.3 is 4.74 Å². The predicted octanol–water partition coefficient (Wildman–Crippen LogP) is 2.89. The lowest BCUT2D eigenvalue weighted by molar-refractivity contribution is 0.0396. The number of ether oxygens (including phenoxy) is 1. The van der Waals surface area contributed by atoms with Gasteiger partial charge in [-0.15, -0.1) is 11.6 Å². The molecule has 15 heavy (non-hydrogen) atoms. The largest absolute Gasteiger partial charge is 0.377 e. The van der Waals surface area contributed by atoms with Crippen LogP contribution in [0.2, 0.25) is 0 Å². The third-order valence-corrected chi connectivity index (χ3v) is 3.24. The highest BCUT2D eigenvalue weighted by Gasteiger charge is 2.21. The van der Waals surface area contributed by atoms with Crippen LogP contribution < -0.4 is 0 Å². The van der Waals surface area contributed by atoms with Gasteiger partial charge in [-0.3, -0.25) is 4.90 Å². The van der Waals surface area contributed by atoms with E-state index in [0.29, 0.717) is 12.1 Å². The quantitative estimate of drug-likeness (QED) is 0.655. The van der Waals surface area contributed by atoms with E-state index in [0.717, 1.165) is 25.5 Å². The number of likely N-dealkylation sites (tertiary alicyclic amines) is 1. The molecule has 2 nitrogen and oxygen atoms in total. The third kappa shape index (κ3) is 5.19. The van der Waals surface area contributed by atoms with Crippen molar-refractivity contribution in [2.24, 2.45) is 0 Å². The highest BCUT2D eigenvalue weighted by molar-refractivity contribution is 6.17. The van der Waals surface area contributed by atoms with Crippen LogP contribution in [0, 0.1) is 0 Å². The van der Waals surface area contributed by atoms with Gasteiger partial charge in [0.05, 0.1) is 12.7 Å². The van der Waals surface area contributed by atoms with Crippen molar-refractivity contribution in [3.05, 3.63) is 0 Å². The first-order chi connectivity index (χ1) is 7.24. The second kappa shape index (κ2) is 7.48. The van der Waals surface area contributed by atoms with Crippen LogP contribution in [0.4, 0.5) is 0 Å². The molecule has 1 unspecified atom stereocenters. The van der Waals surface area contributed by atoms with Crippen molar-refractivity contribution >= 4 is 11.6 Å². The van der Waals surface area contributed by atoms with Gasteiger partial charge >= 0.3 is 0 Å². The molecule has 0 amide bonds. The highest BCUT2D eigenvalue weighted by Crippen LogP contribution is 2.19. The molecule has 1 rings (SSSR count). The molecule has 0 N–H and O–H groups in total. The maximum Gasteiger partial charge on any atom is 0.0597 e. The lowest BCUT2D eigenvalue weighted by atomic mass is 10.0. The number of alkyl halides is 1. The van der Waals surface area contributed by atoms with Gasteiger partial charge in [-0.05, 0) is 39.7 Å². The monoisotopic (exact) mass is 233 g/mol. The van der Waals surface area contributed by atoms with Crippen molar-refractivity contribution < 1.29 is 4.74 Å². The summed E-state index contributed by atoms with van der Waals surface area (Å²) in [5.74, 6) is 0.784. The second-order valence-electron chi connectivity index (χ2n) is 4.58. The van der Waals surface area contributed by atoms with Gasteiger partial charge in [0.15, 0.2) is 0 Å². The Labute approximate surface area is 98.9 Å². The van der Waals surface area contributed by atoms with Gasteiger partial charge in [0.2, 0.25) is 0 Å². The van der Waals surface area contributed by atoms with Crippen molar-refractivity contribution in [1.82, 2.24) is 4.90 Å². The normalized spacial score (nSPS) is 23.6. The van der Waals surface area contributed by atoms with Crippen LogP contribution in [0.25, 0.3) is 0 Å². The molecule has 0 aromatic rings. The molecule has 0 aromatic heterocycles. The molecule has 0 radical (unpaired) electrons. The summed E-state index contributed by atoms with van der Waals surface area (Å²) >= 11 is 5.83. The summed E-state index contributed by atoms with van der Waals surface area (Å²) in [5, 5.41) is 0. The van der Waals surface area contributed by atoms with Crippen molar-refractivity contribution in [3.63, 3.8) is 0 Å². The molecular formula is C12H24ClNO. The molecule has 0 saturated carbocycles. The van der Waals surface area contributed by atoms with E-state index in [1.54, 1.807) is 0 Å². The Kier molecular flexibility index (Phi) is 6.62. The Morgan fingerprint density at radius 3 is 2.87 bits per heavy atom. The molecule has 1 heterocycles. The van der Waals surface area contributed by atoms with Gasteiger partial charge in [-0.2, -0.15) is 0 Å². The minimum absolute atomic E-state index is 0.348. The lowest BCUT2D eigenvalue weighted by Gasteiger charge is -2.35. The average molecular weight is 234 g/mol. The molecule has 90 valence electrons. The molecular weight excluding hydrogens is 210 g/mol. The first-order valence-corrected chi connectivity index (χ1v) is 6.69. The summed E-state index contributed by atoms with van der Waals surface area (Å²) < 4.78 is 5.60. The van der Waals surface area contributed by atoms with Gasteiger partial charge in [0.1, 0.15) is 0 Å². The van der Waals surface area contributed by atoms with Crippen LogP contribution in [0.5, 0.6) is 0 Å². The molecule has 0 bridgehead atoms. The van der Waals surface area contributed by atoms with E-state index in [1.165, 1.54) is 25.8 Å². The predicted molar refractivity (Wildman–Crippen MR) is 65.6 cm³/mol. The van der Waals surface area contributed by atoms with E-state index in [4.69, 9.17) is 16.3 Å². The second-order valence-corrected chi connectivity index (χ2v) is 4.96. The summed E-state index contributed by atoms with van der Waals surface area (Å²) in [5.41, 5.74) is 0. The third-order valence-electron chi connectivity index (χ3n) is 3.02. The van der Waals surface area contributed by atoms with E-state index in [1.807, 2.05) is 0 Å². The molecule has 0 aliphatic carbocycles. The molecule has 3 heteroatoms. The molecule has 0 aromatic carbocycles. The fraction of sp³-hybridized carbons (Fsp3) is 1.00. The maximum atomic E-state index is 5.83. The Morgan fingerprint density at radius 1 is 1.40 bits per heavy atom. The molecule has 1 fully saturated rings. The zero-order chi connectivity index (χ0) is 11.1. The summed E-state index contributed by atoms with van der Waals surface area (Å²) in [7, 11) is 0. The summed E-state index contributed by atoms with van der Waals surface area (Å²) in [4.78, 5) is 2.55. The van der Waals surface area contributed by atoms with Crippen LogP contribution in [0.3, 0.4) is 0 Å². The van der Waals surface area contributed by atoms with Gasteiger partial charge in [-0.25, -0.2) is 0 Å². The molecule has 1 aliphatic rings. The van der Waals surface area contributed by atoms with Crippen LogP contribution in [0.1, 0.15) is 39.5 Å². The van der Waals surface area contributed by atoms with Crippen molar-refractivity contribution in [2.45, 2.75) is 51.7 Å². The molecule has 0 spiro atoms. The first-order valence-electron chi connectivity index (χ1n) is 6.15. The number of nitrogens with zero attached hydrogens (tertiary/aromatic N) is 1. The van der Waals surface area contributed by atoms with Gasteiger partial charge in [-0.1, -0.05) is 6.42 Å². The minimum atomic E-state index is 0.348. The number of piperidine rings is 1. The smallest absolute Gasteiger partial charge is 0.0597 e. The van der Waals surface area contributed by atoms with Crippen LogP contribution in [0.15, 0.2) is 0 Å². The summed E-state index contributed by atoms with van der Waals surface area (Å²) in [6.07, 6.45) is 5.49. The number of rotatable bonds is 6. The zero-order valence-corrected chi connectivity index (χ0v) is 10.8. The number of halogens is 1. The average Bonchev–Trinajstić information content (AvgIpc) is 2.20. The van der Waals surface area contributed by atoms with Gasteiger partial charge in [0.25, 0.3) is 0 Å². The maximum absolute atomic E-state index is 5.83. The zero-order valence-electron chi connectivity index (χ0n) is 10.0. The van der Waals surface area contributed by atoms with Crippen molar-refractivity contribution in [1.29, 1.82) is 0 Å². The Morgan fingerprint density at radius 2 is 2.20 bits per heavy atom. The van der Waals surface area contributed by atoms with Crippen molar-refractivity contribution in [3.8, 4) is 0 Å². The molecule has 1 aliphatic heterocycles. The lowest BCUT2D eigenvalue weighted by Crippen LogP contribution is -2.41. The van der Waals surface area contributed by atoms with E-state index in [9.17, 15) is 0 Å². The Balaban J connectivity index is 2.23. The van der Waals surface area contributed by atoms with Crippen LogP contribution >= 0.6 is 11.6 Å². The Hall–Kier alpha value is 0.210. The summed E-state index contributed by atoms with van der Waals surface area (Å²) in [6, 6.07) is 0.701.